The van der Waals surface area contributed by atoms with Gasteiger partial charge in [0.1, 0.15) is 0 Å². The second kappa shape index (κ2) is 9.03. The smallest absolute Gasteiger partial charge is 0.317 e. The van der Waals surface area contributed by atoms with E-state index < -0.39 is 5.97 Å². The number of urea groups is 1. The summed E-state index contributed by atoms with van der Waals surface area (Å²) in [5.74, 6) is -0.0767. The topological polar surface area (TPSA) is 81.7 Å². The molecule has 1 aromatic carbocycles. The molecule has 0 saturated carbocycles. The molecule has 0 radical (unpaired) electrons. The van der Waals surface area contributed by atoms with Gasteiger partial charge in [0.15, 0.2) is 0 Å². The molecule has 2 heterocycles. The van der Waals surface area contributed by atoms with Gasteiger partial charge >= 0.3 is 12.0 Å². The molecule has 1 unspecified atom stereocenters. The molecule has 2 fully saturated rings. The van der Waals surface area contributed by atoms with Crippen molar-refractivity contribution in [2.45, 2.75) is 44.6 Å². The number of nitrogens with one attached hydrogen (secondary N) is 2. The van der Waals surface area contributed by atoms with Gasteiger partial charge in [-0.05, 0) is 62.2 Å². The maximum Gasteiger partial charge on any atom is 0.317 e. The molecule has 2 aliphatic rings. The number of hydrogen-bond donors (Lipinski definition) is 3. The Morgan fingerprint density at radius 1 is 1.12 bits per heavy atom. The number of carbonyl (C=O) groups excluding carboxylic acids is 1. The van der Waals surface area contributed by atoms with Crippen LogP contribution in [0.3, 0.4) is 0 Å². The Kier molecular flexibility index (Phi) is 6.50. The predicted molar refractivity (Wildman–Crippen MR) is 100 cm³/mol. The SMILES string of the molecule is O=C(O)CCc1ccc(C2CCNC(=O)N2CCC2CCNCC2)cc1. The van der Waals surface area contributed by atoms with E-state index in [1.165, 1.54) is 12.8 Å². The first-order chi connectivity index (χ1) is 12.6. The lowest BCUT2D eigenvalue weighted by molar-refractivity contribution is -0.136. The summed E-state index contributed by atoms with van der Waals surface area (Å²) < 4.78 is 0. The molecule has 3 N–H and O–H groups in total. The molecule has 3 rings (SSSR count). The van der Waals surface area contributed by atoms with E-state index in [9.17, 15) is 9.59 Å². The fourth-order valence-corrected chi connectivity index (χ4v) is 3.97. The third-order valence-electron chi connectivity index (χ3n) is 5.56. The summed E-state index contributed by atoms with van der Waals surface area (Å²) in [6.45, 7) is 3.66. The number of aliphatic carboxylic acids is 1. The van der Waals surface area contributed by atoms with Gasteiger partial charge in [0.2, 0.25) is 0 Å². The van der Waals surface area contributed by atoms with E-state index in [2.05, 4.69) is 22.8 Å². The van der Waals surface area contributed by atoms with Gasteiger partial charge in [0, 0.05) is 19.5 Å². The minimum atomic E-state index is -0.776. The fourth-order valence-electron chi connectivity index (χ4n) is 3.97. The van der Waals surface area contributed by atoms with Crippen LogP contribution in [0.15, 0.2) is 24.3 Å². The Labute approximate surface area is 155 Å². The highest BCUT2D eigenvalue weighted by atomic mass is 16.4. The van der Waals surface area contributed by atoms with E-state index in [0.717, 1.165) is 43.6 Å². The van der Waals surface area contributed by atoms with Crippen LogP contribution < -0.4 is 10.6 Å². The van der Waals surface area contributed by atoms with Crippen molar-refractivity contribution < 1.29 is 14.7 Å². The largest absolute Gasteiger partial charge is 0.481 e. The van der Waals surface area contributed by atoms with Crippen LogP contribution in [0, 0.1) is 5.92 Å². The molecule has 0 bridgehead atoms. The van der Waals surface area contributed by atoms with Crippen LogP contribution in [-0.2, 0) is 11.2 Å². The maximum absolute atomic E-state index is 12.4. The van der Waals surface area contributed by atoms with E-state index in [1.54, 1.807) is 0 Å². The molecule has 2 aliphatic heterocycles. The maximum atomic E-state index is 12.4. The number of rotatable bonds is 7. The van der Waals surface area contributed by atoms with Crippen LogP contribution in [0.25, 0.3) is 0 Å². The summed E-state index contributed by atoms with van der Waals surface area (Å²) >= 11 is 0. The fraction of sp³-hybridized carbons (Fsp3) is 0.600. The minimum Gasteiger partial charge on any atom is -0.481 e. The van der Waals surface area contributed by atoms with Gasteiger partial charge in [-0.2, -0.15) is 0 Å². The Balaban J connectivity index is 1.63. The van der Waals surface area contributed by atoms with E-state index in [4.69, 9.17) is 5.11 Å². The van der Waals surface area contributed by atoms with E-state index in [1.807, 2.05) is 17.0 Å². The standard InChI is InChI=1S/C20H29N3O3/c24-19(25)6-3-15-1-4-17(5-2-15)18-9-13-22-20(26)23(18)14-10-16-7-11-21-12-8-16/h1-2,4-5,16,18,21H,3,6-14H2,(H,22,26)(H,24,25). The third kappa shape index (κ3) is 4.97. The van der Waals surface area contributed by atoms with Gasteiger partial charge in [-0.25, -0.2) is 4.79 Å². The second-order valence-corrected chi connectivity index (χ2v) is 7.35. The number of amides is 2. The highest BCUT2D eigenvalue weighted by molar-refractivity contribution is 5.75. The molecule has 0 aliphatic carbocycles. The van der Waals surface area contributed by atoms with Crippen molar-refractivity contribution in [2.24, 2.45) is 5.92 Å². The molecule has 142 valence electrons. The van der Waals surface area contributed by atoms with E-state index in [0.29, 0.717) is 18.9 Å². The molecular weight excluding hydrogens is 330 g/mol. The Morgan fingerprint density at radius 3 is 2.54 bits per heavy atom. The van der Waals surface area contributed by atoms with Gasteiger partial charge in [-0.3, -0.25) is 4.79 Å². The Morgan fingerprint density at radius 2 is 1.85 bits per heavy atom. The zero-order chi connectivity index (χ0) is 18.4. The normalized spacial score (nSPS) is 21.5. The first kappa shape index (κ1) is 18.7. The number of piperidine rings is 1. The number of carboxylic acid groups (broad SMARTS) is 1. The summed E-state index contributed by atoms with van der Waals surface area (Å²) in [4.78, 5) is 25.1. The van der Waals surface area contributed by atoms with Crippen LogP contribution in [0.2, 0.25) is 0 Å². The molecule has 2 amide bonds. The zero-order valence-corrected chi connectivity index (χ0v) is 15.2. The summed E-state index contributed by atoms with van der Waals surface area (Å²) in [6.07, 6.45) is 5.04. The third-order valence-corrected chi connectivity index (χ3v) is 5.56. The molecule has 26 heavy (non-hydrogen) atoms. The molecule has 2 saturated heterocycles. The monoisotopic (exact) mass is 359 g/mol. The van der Waals surface area contributed by atoms with Crippen molar-refractivity contribution in [3.05, 3.63) is 35.4 Å². The lowest BCUT2D eigenvalue weighted by Gasteiger charge is -2.37. The number of benzene rings is 1. The molecular formula is C20H29N3O3. The van der Waals surface area contributed by atoms with Crippen molar-refractivity contribution in [2.75, 3.05) is 26.2 Å². The second-order valence-electron chi connectivity index (χ2n) is 7.35. The average Bonchev–Trinajstić information content (AvgIpc) is 2.66. The molecule has 0 aromatic heterocycles. The Hall–Kier alpha value is -2.08. The molecule has 1 atom stereocenters. The van der Waals surface area contributed by atoms with Gasteiger partial charge in [0.25, 0.3) is 0 Å². The first-order valence-corrected chi connectivity index (χ1v) is 9.69. The zero-order valence-electron chi connectivity index (χ0n) is 15.2. The van der Waals surface area contributed by atoms with Crippen LogP contribution in [0.5, 0.6) is 0 Å². The van der Waals surface area contributed by atoms with Crippen LogP contribution in [0.4, 0.5) is 4.79 Å². The molecule has 1 aromatic rings. The Bertz CT molecular complexity index is 611. The molecule has 6 nitrogen and oxygen atoms in total. The first-order valence-electron chi connectivity index (χ1n) is 9.69. The lowest BCUT2D eigenvalue weighted by atomic mass is 9.93. The summed E-state index contributed by atoms with van der Waals surface area (Å²) in [5, 5.41) is 15.2. The van der Waals surface area contributed by atoms with Crippen LogP contribution in [0.1, 0.15) is 49.3 Å². The number of nitrogens with zero attached hydrogens (tertiary/aromatic N) is 1. The highest BCUT2D eigenvalue weighted by Gasteiger charge is 2.29. The highest BCUT2D eigenvalue weighted by Crippen LogP contribution is 2.29. The lowest BCUT2D eigenvalue weighted by Crippen LogP contribution is -2.49. The predicted octanol–water partition coefficient (Wildman–Crippen LogP) is 2.55. The molecule has 0 spiro atoms. The van der Waals surface area contributed by atoms with Gasteiger partial charge in [0.05, 0.1) is 6.04 Å². The number of aryl methyl sites for hydroxylation is 1. The van der Waals surface area contributed by atoms with Crippen molar-refractivity contribution in [3.63, 3.8) is 0 Å². The number of hydrogen-bond acceptors (Lipinski definition) is 3. The van der Waals surface area contributed by atoms with Crippen molar-refractivity contribution in [3.8, 4) is 0 Å². The number of carboxylic acids is 1. The van der Waals surface area contributed by atoms with Gasteiger partial charge in [-0.1, -0.05) is 24.3 Å². The van der Waals surface area contributed by atoms with E-state index in [-0.39, 0.29) is 18.5 Å². The average molecular weight is 359 g/mol. The number of carbonyl (C=O) groups is 2. The van der Waals surface area contributed by atoms with Gasteiger partial charge in [-0.15, -0.1) is 0 Å². The van der Waals surface area contributed by atoms with Crippen LogP contribution in [-0.4, -0.2) is 48.2 Å². The minimum absolute atomic E-state index is 0.0325. The van der Waals surface area contributed by atoms with Crippen molar-refractivity contribution >= 4 is 12.0 Å². The van der Waals surface area contributed by atoms with Crippen LogP contribution >= 0.6 is 0 Å². The summed E-state index contributed by atoms with van der Waals surface area (Å²) in [6, 6.07) is 8.24. The quantitative estimate of drug-likeness (QED) is 0.699. The van der Waals surface area contributed by atoms with Gasteiger partial charge < -0.3 is 20.6 Å². The molecule has 6 heteroatoms. The summed E-state index contributed by atoms with van der Waals surface area (Å²) in [7, 11) is 0. The van der Waals surface area contributed by atoms with Crippen molar-refractivity contribution in [1.29, 1.82) is 0 Å². The summed E-state index contributed by atoms with van der Waals surface area (Å²) in [5.41, 5.74) is 2.17. The van der Waals surface area contributed by atoms with E-state index >= 15 is 0 Å². The van der Waals surface area contributed by atoms with Crippen molar-refractivity contribution in [1.82, 2.24) is 15.5 Å².